The average molecular weight is 1250 g/mol. The molecule has 3 fully saturated rings. The first-order valence-corrected chi connectivity index (χ1v) is 34.2. The van der Waals surface area contributed by atoms with Gasteiger partial charge in [-0.3, -0.25) is 0 Å². The van der Waals surface area contributed by atoms with Crippen molar-refractivity contribution in [2.75, 3.05) is 0 Å². The van der Waals surface area contributed by atoms with E-state index in [0.29, 0.717) is 52.2 Å². The van der Waals surface area contributed by atoms with Gasteiger partial charge in [0.15, 0.2) is 34.9 Å². The molecule has 15 aromatic rings. The van der Waals surface area contributed by atoms with Crippen molar-refractivity contribution in [2.45, 2.75) is 31.1 Å². The van der Waals surface area contributed by atoms with Gasteiger partial charge in [-0.15, -0.1) is 0 Å². The van der Waals surface area contributed by atoms with E-state index in [1.54, 1.807) is 0 Å². The molecule has 0 radical (unpaired) electrons. The average Bonchev–Trinajstić information content (AvgIpc) is 1.15. The molecular weight excluding hydrogens is 1190 g/mol. The second kappa shape index (κ2) is 23.7. The molecule has 0 aliphatic heterocycles. The van der Waals surface area contributed by atoms with E-state index in [4.69, 9.17) is 29.9 Å². The fourth-order valence-electron chi connectivity index (χ4n) is 16.9. The predicted octanol–water partition coefficient (Wildman–Crippen LogP) is 23.0. The largest absolute Gasteiger partial charge is 0.208 e. The summed E-state index contributed by atoms with van der Waals surface area (Å²) in [4.78, 5) is 30.7. The molecule has 6 nitrogen and oxygen atoms in total. The van der Waals surface area contributed by atoms with E-state index < -0.39 is 0 Å². The van der Waals surface area contributed by atoms with Crippen molar-refractivity contribution in [1.82, 2.24) is 29.9 Å². The molecule has 98 heavy (non-hydrogen) atoms. The molecule has 5 atom stereocenters. The number of aromatic nitrogens is 6. The lowest BCUT2D eigenvalue weighted by molar-refractivity contribution is -0.252. The highest BCUT2D eigenvalue weighted by molar-refractivity contribution is 5.92. The van der Waals surface area contributed by atoms with Gasteiger partial charge in [-0.25, -0.2) is 29.9 Å². The summed E-state index contributed by atoms with van der Waals surface area (Å²) in [6.45, 7) is 0. The molecule has 0 amide bonds. The van der Waals surface area contributed by atoms with Gasteiger partial charge in [0.1, 0.15) is 0 Å². The minimum Gasteiger partial charge on any atom is -0.208 e. The van der Waals surface area contributed by atoms with Crippen LogP contribution < -0.4 is 0 Å². The molecule has 2 heterocycles. The van der Waals surface area contributed by atoms with Gasteiger partial charge in [0.2, 0.25) is 0 Å². The molecule has 2 aromatic heterocycles. The van der Waals surface area contributed by atoms with Gasteiger partial charge in [-0.1, -0.05) is 303 Å². The second-order valence-electron chi connectivity index (χ2n) is 26.9. The molecule has 6 heteroatoms. The van der Waals surface area contributed by atoms with Crippen molar-refractivity contribution < 1.29 is 0 Å². The van der Waals surface area contributed by atoms with Crippen molar-refractivity contribution in [3.05, 3.63) is 339 Å². The van der Waals surface area contributed by atoms with E-state index in [9.17, 15) is 0 Å². The van der Waals surface area contributed by atoms with Gasteiger partial charge < -0.3 is 0 Å². The van der Waals surface area contributed by atoms with Crippen LogP contribution >= 0.6 is 0 Å². The van der Waals surface area contributed by atoms with Crippen molar-refractivity contribution >= 4 is 0 Å². The van der Waals surface area contributed by atoms with Crippen molar-refractivity contribution in [3.8, 4) is 157 Å². The number of fused-ring (bicyclic) bond motifs is 5. The Bertz CT molecular complexity index is 5540. The fourth-order valence-corrected chi connectivity index (χ4v) is 16.9. The van der Waals surface area contributed by atoms with Crippen LogP contribution in [-0.2, 0) is 0 Å². The summed E-state index contributed by atoms with van der Waals surface area (Å²) >= 11 is 0. The Balaban J connectivity index is 0.622. The molecule has 0 saturated heterocycles. The molecule has 13 aromatic carbocycles. The zero-order valence-electron chi connectivity index (χ0n) is 53.8. The highest BCUT2D eigenvalue weighted by atomic mass is 15.0. The van der Waals surface area contributed by atoms with E-state index in [-0.39, 0.29) is 0 Å². The quantitative estimate of drug-likeness (QED) is 0.114. The van der Waals surface area contributed by atoms with Gasteiger partial charge in [0, 0.05) is 33.4 Å². The molecule has 0 bridgehead atoms. The fraction of sp³-hybridized carbons (Fsp3) is 0.0870. The summed E-state index contributed by atoms with van der Waals surface area (Å²) < 4.78 is 0. The lowest BCUT2D eigenvalue weighted by atomic mass is 9.25. The summed E-state index contributed by atoms with van der Waals surface area (Å²) in [5, 5.41) is 0. The van der Waals surface area contributed by atoms with Crippen LogP contribution in [0.25, 0.3) is 157 Å². The number of nitrogens with zero attached hydrogens (tertiary/aromatic N) is 6. The summed E-state index contributed by atoms with van der Waals surface area (Å²) in [5.41, 5.74) is 28.4. The first-order valence-electron chi connectivity index (χ1n) is 34.2. The Hall–Kier alpha value is -12.1. The van der Waals surface area contributed by atoms with E-state index in [1.165, 1.54) is 80.5 Å². The van der Waals surface area contributed by atoms with Crippen molar-refractivity contribution in [1.29, 1.82) is 0 Å². The molecule has 19 rings (SSSR count). The monoisotopic (exact) mass is 1250 g/mol. The normalized spacial score (nSPS) is 17.5. The van der Waals surface area contributed by atoms with E-state index >= 15 is 0 Å². The molecule has 4 aliphatic carbocycles. The lowest BCUT2D eigenvalue weighted by Crippen LogP contribution is -2.70. The van der Waals surface area contributed by atoms with E-state index in [2.05, 4.69) is 279 Å². The maximum Gasteiger partial charge on any atom is 0.164 e. The minimum absolute atomic E-state index is 0.365. The van der Waals surface area contributed by atoms with Gasteiger partial charge in [0.05, 0.1) is 0 Å². The van der Waals surface area contributed by atoms with Gasteiger partial charge in [0.25, 0.3) is 0 Å². The molecule has 4 aliphatic rings. The Morgan fingerprint density at radius 2 is 0.469 bits per heavy atom. The smallest absolute Gasteiger partial charge is 0.164 e. The Morgan fingerprint density at radius 1 is 0.194 bits per heavy atom. The highest BCUT2D eigenvalue weighted by Gasteiger charge is 2.76. The number of hydrogen-bond donors (Lipinski definition) is 0. The van der Waals surface area contributed by atoms with Crippen LogP contribution in [0.4, 0.5) is 0 Å². The first kappa shape index (κ1) is 57.3. The van der Waals surface area contributed by atoms with Crippen LogP contribution in [0.5, 0.6) is 0 Å². The van der Waals surface area contributed by atoms with Gasteiger partial charge in [-0.2, -0.15) is 0 Å². The maximum absolute atomic E-state index is 5.18. The van der Waals surface area contributed by atoms with Gasteiger partial charge >= 0.3 is 0 Å². The summed E-state index contributed by atoms with van der Waals surface area (Å²) in [6, 6.07) is 118. The zero-order valence-corrected chi connectivity index (χ0v) is 53.8. The Labute approximate surface area is 570 Å². The predicted molar refractivity (Wildman–Crippen MR) is 398 cm³/mol. The van der Waals surface area contributed by atoms with Crippen LogP contribution in [0.1, 0.15) is 42.2 Å². The van der Waals surface area contributed by atoms with E-state index in [1.807, 2.05) is 48.5 Å². The minimum atomic E-state index is 0.365. The van der Waals surface area contributed by atoms with Crippen molar-refractivity contribution in [2.24, 2.45) is 17.3 Å². The SMILES string of the molecule is c1ccc(-c2ccc(-c3nc(-c4ccccc4)nc(-c4cccc(-c5cccc(-c6ccc(-c7ccc8c(c7)C7CC9CC%10CC(c%11cccc(-c%12cccc(-c%13cccc(-c%14nc(-c%15ccccc%15)nc(-c%15ccc(-c%16ccccc%16)cc%15)n%14)c%13)c%12)c%11-8)C9%107)cc6)c5)c4)n3)cc2)cc1. The summed E-state index contributed by atoms with van der Waals surface area (Å²) in [6.07, 6.45) is 3.95. The summed E-state index contributed by atoms with van der Waals surface area (Å²) in [5.74, 6) is 6.56. The summed E-state index contributed by atoms with van der Waals surface area (Å²) in [7, 11) is 0. The number of benzene rings is 13. The topological polar surface area (TPSA) is 77.3 Å². The van der Waals surface area contributed by atoms with Crippen LogP contribution in [0.2, 0.25) is 0 Å². The molecule has 0 N–H and O–H groups in total. The van der Waals surface area contributed by atoms with Crippen LogP contribution in [0, 0.1) is 17.3 Å². The third-order valence-corrected chi connectivity index (χ3v) is 21.7. The molecule has 3 saturated carbocycles. The first-order chi connectivity index (χ1) is 48.5. The Kier molecular flexibility index (Phi) is 13.8. The number of hydrogen-bond acceptors (Lipinski definition) is 6. The van der Waals surface area contributed by atoms with Crippen LogP contribution in [-0.4, -0.2) is 29.9 Å². The molecule has 462 valence electrons. The maximum atomic E-state index is 5.18. The van der Waals surface area contributed by atoms with Crippen molar-refractivity contribution in [3.63, 3.8) is 0 Å². The highest BCUT2D eigenvalue weighted by Crippen LogP contribution is 2.86. The molecule has 1 spiro atoms. The third kappa shape index (κ3) is 9.93. The number of rotatable bonds is 13. The van der Waals surface area contributed by atoms with Crippen LogP contribution in [0.15, 0.2) is 328 Å². The molecule has 5 unspecified atom stereocenters. The van der Waals surface area contributed by atoms with E-state index in [0.717, 1.165) is 84.2 Å². The standard InChI is InChI=1S/C92H64N6/c1-5-18-58(19-6-1)60-40-44-66(45-41-60)88-93-86(64-22-9-3-10-23-64)95-90(97-88)75-32-15-29-71(52-75)69-27-13-26-68(50-69)62-36-38-63(39-37-62)73-48-49-80-82(54-73)84-57-78-55-77-56-83(92(77,78)84)81-35-17-34-79(85(80)81)74-31-14-28-70(51-74)72-30-16-33-76(53-72)91-96-87(65-24-11-4-12-25-65)94-89(98-91)67-46-42-61(43-47-67)59-20-7-2-8-21-59/h1-54,77-78,83-84H,55-57H2. The lowest BCUT2D eigenvalue weighted by Gasteiger charge is -2.78. The second-order valence-corrected chi connectivity index (χ2v) is 26.9. The van der Waals surface area contributed by atoms with Crippen LogP contribution in [0.3, 0.4) is 0 Å². The third-order valence-electron chi connectivity index (χ3n) is 21.7. The zero-order chi connectivity index (χ0) is 64.7. The molecular formula is C92H64N6. The van der Waals surface area contributed by atoms with Gasteiger partial charge in [-0.05, 0) is 173 Å². The Morgan fingerprint density at radius 3 is 0.898 bits per heavy atom.